The molecule has 1 aromatic carbocycles. The molecule has 5 heteroatoms. The van der Waals surface area contributed by atoms with Gasteiger partial charge in [0.2, 0.25) is 0 Å². The summed E-state index contributed by atoms with van der Waals surface area (Å²) < 4.78 is 20.5. The van der Waals surface area contributed by atoms with Crippen LogP contribution in [0.5, 0.6) is 0 Å². The van der Waals surface area contributed by atoms with Crippen LogP contribution in [0, 0.1) is 19.7 Å². The lowest BCUT2D eigenvalue weighted by molar-refractivity contribution is -0.144. The highest BCUT2D eigenvalue weighted by molar-refractivity contribution is 5.78. The molecule has 0 fully saturated rings. The average molecular weight is 290 g/mol. The molecule has 21 heavy (non-hydrogen) atoms. The Hall–Kier alpha value is -2.17. The number of carbonyl (C=O) groups excluding carboxylic acids is 1. The van der Waals surface area contributed by atoms with Crippen LogP contribution in [-0.4, -0.2) is 22.4 Å². The van der Waals surface area contributed by atoms with Crippen molar-refractivity contribution in [1.82, 2.24) is 9.78 Å². The first-order chi connectivity index (χ1) is 9.97. The monoisotopic (exact) mass is 290 g/mol. The minimum Gasteiger partial charge on any atom is -0.466 e. The summed E-state index contributed by atoms with van der Waals surface area (Å²) >= 11 is 0. The van der Waals surface area contributed by atoms with Gasteiger partial charge in [0, 0.05) is 11.3 Å². The van der Waals surface area contributed by atoms with Crippen LogP contribution in [0.1, 0.15) is 36.7 Å². The first-order valence-electron chi connectivity index (χ1n) is 6.95. The van der Waals surface area contributed by atoms with E-state index < -0.39 is 5.92 Å². The van der Waals surface area contributed by atoms with Crippen LogP contribution in [0.25, 0.3) is 5.69 Å². The minimum absolute atomic E-state index is 0.295. The van der Waals surface area contributed by atoms with Gasteiger partial charge in [0.05, 0.1) is 18.2 Å². The van der Waals surface area contributed by atoms with Gasteiger partial charge < -0.3 is 4.74 Å². The standard InChI is InChI=1S/C16H19FN2O2/c1-5-21-16(20)10(2)15-11(3)18-19(12(15)4)14-9-7-6-8-13(14)17/h6-10H,5H2,1-4H3. The van der Waals surface area contributed by atoms with Gasteiger partial charge in [0.15, 0.2) is 0 Å². The largest absolute Gasteiger partial charge is 0.466 e. The van der Waals surface area contributed by atoms with Gasteiger partial charge >= 0.3 is 5.97 Å². The van der Waals surface area contributed by atoms with Gasteiger partial charge in [0.25, 0.3) is 0 Å². The highest BCUT2D eigenvalue weighted by Gasteiger charge is 2.25. The molecule has 0 saturated carbocycles. The Balaban J connectivity index is 2.48. The van der Waals surface area contributed by atoms with Crippen LogP contribution in [-0.2, 0) is 9.53 Å². The molecule has 1 aromatic heterocycles. The van der Waals surface area contributed by atoms with Crippen LogP contribution in [0.15, 0.2) is 24.3 Å². The molecule has 0 bridgehead atoms. The second kappa shape index (κ2) is 6.08. The van der Waals surface area contributed by atoms with E-state index in [-0.39, 0.29) is 11.8 Å². The van der Waals surface area contributed by atoms with Gasteiger partial charge in [-0.15, -0.1) is 0 Å². The molecule has 0 saturated heterocycles. The van der Waals surface area contributed by atoms with Crippen molar-refractivity contribution in [3.63, 3.8) is 0 Å². The van der Waals surface area contributed by atoms with Crippen molar-refractivity contribution in [1.29, 1.82) is 0 Å². The molecule has 1 unspecified atom stereocenters. The maximum absolute atomic E-state index is 13.9. The molecule has 1 atom stereocenters. The average Bonchev–Trinajstić information content (AvgIpc) is 2.74. The zero-order valence-corrected chi connectivity index (χ0v) is 12.7. The third-order valence-electron chi connectivity index (χ3n) is 3.50. The lowest BCUT2D eigenvalue weighted by atomic mass is 9.99. The third-order valence-corrected chi connectivity index (χ3v) is 3.50. The molecular formula is C16H19FN2O2. The smallest absolute Gasteiger partial charge is 0.313 e. The maximum atomic E-state index is 13.9. The lowest BCUT2D eigenvalue weighted by Gasteiger charge is -2.11. The maximum Gasteiger partial charge on any atom is 0.313 e. The number of carbonyl (C=O) groups is 1. The SMILES string of the molecule is CCOC(=O)C(C)c1c(C)nn(-c2ccccc2F)c1C. The van der Waals surface area contributed by atoms with Gasteiger partial charge in [-0.25, -0.2) is 9.07 Å². The predicted octanol–water partition coefficient (Wildman–Crippen LogP) is 3.29. The normalized spacial score (nSPS) is 12.2. The number of ether oxygens (including phenoxy) is 1. The van der Waals surface area contributed by atoms with Crippen LogP contribution >= 0.6 is 0 Å². The van der Waals surface area contributed by atoms with E-state index in [9.17, 15) is 9.18 Å². The quantitative estimate of drug-likeness (QED) is 0.812. The van der Waals surface area contributed by atoms with Gasteiger partial charge in [-0.1, -0.05) is 12.1 Å². The Bertz CT molecular complexity index is 664. The number of halogens is 1. The van der Waals surface area contributed by atoms with Gasteiger partial charge in [0.1, 0.15) is 11.5 Å². The highest BCUT2D eigenvalue weighted by atomic mass is 19.1. The van der Waals surface area contributed by atoms with E-state index in [0.29, 0.717) is 18.0 Å². The summed E-state index contributed by atoms with van der Waals surface area (Å²) in [5.74, 6) is -1.07. The number of aromatic nitrogens is 2. The van der Waals surface area contributed by atoms with E-state index in [1.807, 2.05) is 13.8 Å². The first kappa shape index (κ1) is 15.2. The summed E-state index contributed by atoms with van der Waals surface area (Å²) in [5, 5.41) is 4.37. The zero-order chi connectivity index (χ0) is 15.6. The zero-order valence-electron chi connectivity index (χ0n) is 12.7. The van der Waals surface area contributed by atoms with E-state index in [2.05, 4.69) is 5.10 Å². The van der Waals surface area contributed by atoms with E-state index >= 15 is 0 Å². The molecule has 0 aliphatic carbocycles. The fourth-order valence-corrected chi connectivity index (χ4v) is 2.52. The summed E-state index contributed by atoms with van der Waals surface area (Å²) in [6.07, 6.45) is 0. The summed E-state index contributed by atoms with van der Waals surface area (Å²) in [5.41, 5.74) is 2.62. The van der Waals surface area contributed by atoms with Crippen LogP contribution in [0.3, 0.4) is 0 Å². The van der Waals surface area contributed by atoms with Gasteiger partial charge in [-0.2, -0.15) is 5.10 Å². The Morgan fingerprint density at radius 3 is 2.67 bits per heavy atom. The Morgan fingerprint density at radius 2 is 2.05 bits per heavy atom. The van der Waals surface area contributed by atoms with Crippen molar-refractivity contribution in [2.24, 2.45) is 0 Å². The molecular weight excluding hydrogens is 271 g/mol. The molecule has 1 heterocycles. The highest BCUT2D eigenvalue weighted by Crippen LogP contribution is 2.27. The Kier molecular flexibility index (Phi) is 4.40. The summed E-state index contributed by atoms with van der Waals surface area (Å²) in [4.78, 5) is 11.9. The molecule has 2 aromatic rings. The Labute approximate surface area is 123 Å². The van der Waals surface area contributed by atoms with Crippen molar-refractivity contribution in [2.45, 2.75) is 33.6 Å². The molecule has 0 N–H and O–H groups in total. The topological polar surface area (TPSA) is 44.1 Å². The second-order valence-electron chi connectivity index (χ2n) is 4.92. The predicted molar refractivity (Wildman–Crippen MR) is 78.0 cm³/mol. The van der Waals surface area contributed by atoms with Crippen molar-refractivity contribution in [3.8, 4) is 5.69 Å². The van der Waals surface area contributed by atoms with Gasteiger partial charge in [-0.3, -0.25) is 4.79 Å². The fraction of sp³-hybridized carbons (Fsp3) is 0.375. The minimum atomic E-state index is -0.425. The first-order valence-corrected chi connectivity index (χ1v) is 6.95. The number of rotatable bonds is 4. The number of aryl methyl sites for hydroxylation is 1. The molecule has 0 spiro atoms. The van der Waals surface area contributed by atoms with Crippen molar-refractivity contribution < 1.29 is 13.9 Å². The molecule has 4 nitrogen and oxygen atoms in total. The number of para-hydroxylation sites is 1. The van der Waals surface area contributed by atoms with E-state index in [1.165, 1.54) is 10.7 Å². The molecule has 2 rings (SSSR count). The number of hydrogen-bond donors (Lipinski definition) is 0. The van der Waals surface area contributed by atoms with E-state index in [4.69, 9.17) is 4.74 Å². The van der Waals surface area contributed by atoms with Crippen molar-refractivity contribution in [2.75, 3.05) is 6.61 Å². The van der Waals surface area contributed by atoms with Gasteiger partial charge in [-0.05, 0) is 39.8 Å². The molecule has 112 valence electrons. The number of benzene rings is 1. The molecule has 0 aliphatic rings. The van der Waals surface area contributed by atoms with E-state index in [1.54, 1.807) is 32.0 Å². The number of esters is 1. The summed E-state index contributed by atoms with van der Waals surface area (Å²) in [6.45, 7) is 7.53. The molecule has 0 amide bonds. The second-order valence-corrected chi connectivity index (χ2v) is 4.92. The summed E-state index contributed by atoms with van der Waals surface area (Å²) in [7, 11) is 0. The van der Waals surface area contributed by atoms with Crippen LogP contribution in [0.4, 0.5) is 4.39 Å². The fourth-order valence-electron chi connectivity index (χ4n) is 2.52. The summed E-state index contributed by atoms with van der Waals surface area (Å²) in [6, 6.07) is 6.43. The number of nitrogens with zero attached hydrogens (tertiary/aromatic N) is 2. The van der Waals surface area contributed by atoms with Crippen LogP contribution in [0.2, 0.25) is 0 Å². The van der Waals surface area contributed by atoms with Crippen LogP contribution < -0.4 is 0 Å². The van der Waals surface area contributed by atoms with Crippen molar-refractivity contribution in [3.05, 3.63) is 47.0 Å². The van der Waals surface area contributed by atoms with Crippen molar-refractivity contribution >= 4 is 5.97 Å². The number of hydrogen-bond acceptors (Lipinski definition) is 3. The Morgan fingerprint density at radius 1 is 1.38 bits per heavy atom. The van der Waals surface area contributed by atoms with E-state index in [0.717, 1.165) is 11.3 Å². The molecule has 0 aliphatic heterocycles. The lowest BCUT2D eigenvalue weighted by Crippen LogP contribution is -2.14. The third kappa shape index (κ3) is 2.82. The molecule has 0 radical (unpaired) electrons.